The van der Waals surface area contributed by atoms with Gasteiger partial charge in [-0.3, -0.25) is 0 Å². The Morgan fingerprint density at radius 1 is 1.19 bits per heavy atom. The fraction of sp³-hybridized carbons (Fsp3) is 0.333. The third-order valence-electron chi connectivity index (χ3n) is 2.84. The minimum Gasteiger partial charge on any atom is -0.489 e. The lowest BCUT2D eigenvalue weighted by Crippen LogP contribution is -2.16. The van der Waals surface area contributed by atoms with Crippen molar-refractivity contribution in [3.63, 3.8) is 0 Å². The summed E-state index contributed by atoms with van der Waals surface area (Å²) < 4.78 is 6.57. The van der Waals surface area contributed by atoms with Crippen molar-refractivity contribution in [1.82, 2.24) is 0 Å². The average Bonchev–Trinajstić information content (AvgIpc) is 2.44. The summed E-state index contributed by atoms with van der Waals surface area (Å²) >= 11 is 3.56. The number of ether oxygens (including phenoxy) is 1. The summed E-state index contributed by atoms with van der Waals surface area (Å²) in [4.78, 5) is 0. The van der Waals surface area contributed by atoms with Crippen molar-refractivity contribution in [2.45, 2.75) is 26.9 Å². The Labute approximate surface area is 134 Å². The number of aliphatic hydroxyl groups excluding tert-OH is 1. The number of hydrogen-bond acceptors (Lipinski definition) is 2. The normalized spacial score (nSPS) is 12.6. The first-order valence-electron chi connectivity index (χ1n) is 6.87. The Morgan fingerprint density at radius 2 is 1.90 bits per heavy atom. The lowest BCUT2D eigenvalue weighted by atomic mass is 9.98. The number of fused-ring (bicyclic) bond motifs is 1. The molecule has 0 radical (unpaired) electrons. The van der Waals surface area contributed by atoms with Crippen molar-refractivity contribution in [3.05, 3.63) is 40.9 Å². The lowest BCUT2D eigenvalue weighted by Gasteiger charge is -2.12. The van der Waals surface area contributed by atoms with E-state index in [-0.39, 0.29) is 12.0 Å². The number of halogens is 1. The molecular formula is C18H19BrO2. The molecule has 0 spiro atoms. The number of aliphatic hydroxyl groups is 1. The highest BCUT2D eigenvalue weighted by Crippen LogP contribution is 2.33. The molecule has 1 atom stereocenters. The van der Waals surface area contributed by atoms with Crippen molar-refractivity contribution in [2.75, 3.05) is 6.61 Å². The van der Waals surface area contributed by atoms with Gasteiger partial charge in [-0.05, 0) is 53.5 Å². The molecular weight excluding hydrogens is 328 g/mol. The summed E-state index contributed by atoms with van der Waals surface area (Å²) in [5.41, 5.74) is -0.121. The highest BCUT2D eigenvalue weighted by atomic mass is 79.9. The summed E-state index contributed by atoms with van der Waals surface area (Å²) in [5, 5.41) is 12.1. The maximum absolute atomic E-state index is 9.86. The van der Waals surface area contributed by atoms with Crippen LogP contribution in [0.25, 0.3) is 10.8 Å². The van der Waals surface area contributed by atoms with E-state index in [1.54, 1.807) is 0 Å². The van der Waals surface area contributed by atoms with Crippen molar-refractivity contribution in [3.8, 4) is 17.6 Å². The van der Waals surface area contributed by atoms with Gasteiger partial charge >= 0.3 is 0 Å². The molecule has 1 N–H and O–H groups in total. The molecule has 0 aliphatic rings. The van der Waals surface area contributed by atoms with Gasteiger partial charge in [0.15, 0.2) is 0 Å². The summed E-state index contributed by atoms with van der Waals surface area (Å²) in [6.07, 6.45) is -0.789. The van der Waals surface area contributed by atoms with Gasteiger partial charge in [0.2, 0.25) is 0 Å². The van der Waals surface area contributed by atoms with Crippen LogP contribution < -0.4 is 4.74 Å². The molecule has 2 aromatic carbocycles. The number of hydrogen-bond donors (Lipinski definition) is 1. The maximum Gasteiger partial charge on any atom is 0.148 e. The van der Waals surface area contributed by atoms with E-state index in [1.807, 2.05) is 57.2 Å². The molecule has 0 amide bonds. The molecule has 0 aromatic heterocycles. The van der Waals surface area contributed by atoms with Crippen molar-refractivity contribution in [2.24, 2.45) is 5.41 Å². The molecule has 0 bridgehead atoms. The second-order valence-corrected chi connectivity index (χ2v) is 6.74. The van der Waals surface area contributed by atoms with E-state index in [2.05, 4.69) is 27.8 Å². The van der Waals surface area contributed by atoms with E-state index in [0.717, 1.165) is 15.2 Å². The smallest absolute Gasteiger partial charge is 0.148 e. The summed E-state index contributed by atoms with van der Waals surface area (Å²) in [7, 11) is 0. The van der Waals surface area contributed by atoms with Crippen LogP contribution in [0, 0.1) is 17.3 Å². The van der Waals surface area contributed by atoms with Gasteiger partial charge in [0.1, 0.15) is 18.5 Å². The zero-order valence-electron chi connectivity index (χ0n) is 12.5. The zero-order valence-corrected chi connectivity index (χ0v) is 14.1. The first-order chi connectivity index (χ1) is 9.87. The van der Waals surface area contributed by atoms with E-state index < -0.39 is 6.10 Å². The first kappa shape index (κ1) is 15.9. The topological polar surface area (TPSA) is 29.5 Å². The number of benzene rings is 2. The molecule has 2 aromatic rings. The summed E-state index contributed by atoms with van der Waals surface area (Å²) in [6.45, 7) is 6.18. The zero-order chi connectivity index (χ0) is 15.5. The molecule has 110 valence electrons. The van der Waals surface area contributed by atoms with Crippen LogP contribution in [0.3, 0.4) is 0 Å². The maximum atomic E-state index is 9.86. The highest BCUT2D eigenvalue weighted by Gasteiger charge is 2.09. The molecule has 0 aliphatic heterocycles. The van der Waals surface area contributed by atoms with Crippen LogP contribution in [0.1, 0.15) is 20.8 Å². The van der Waals surface area contributed by atoms with Crippen molar-refractivity contribution in [1.29, 1.82) is 0 Å². The van der Waals surface area contributed by atoms with E-state index in [1.165, 1.54) is 0 Å². The SMILES string of the molecule is CC(C)(C)C#CC(O)COc1ccc2ccccc2c1Br. The van der Waals surface area contributed by atoms with Crippen LogP contribution in [-0.4, -0.2) is 17.8 Å². The Hall–Kier alpha value is -1.50. The molecule has 0 aliphatic carbocycles. The summed E-state index contributed by atoms with van der Waals surface area (Å²) in [6, 6.07) is 12.0. The third-order valence-corrected chi connectivity index (χ3v) is 3.66. The molecule has 0 heterocycles. The van der Waals surface area contributed by atoms with Gasteiger partial charge < -0.3 is 9.84 Å². The van der Waals surface area contributed by atoms with E-state index in [4.69, 9.17) is 4.74 Å². The second-order valence-electron chi connectivity index (χ2n) is 5.94. The molecule has 0 fully saturated rings. The highest BCUT2D eigenvalue weighted by molar-refractivity contribution is 9.10. The quantitative estimate of drug-likeness (QED) is 0.835. The molecule has 21 heavy (non-hydrogen) atoms. The van der Waals surface area contributed by atoms with E-state index in [0.29, 0.717) is 5.75 Å². The van der Waals surface area contributed by atoms with Crippen LogP contribution in [0.2, 0.25) is 0 Å². The molecule has 0 saturated heterocycles. The minimum absolute atomic E-state index is 0.121. The van der Waals surface area contributed by atoms with Crippen LogP contribution in [0.15, 0.2) is 40.9 Å². The van der Waals surface area contributed by atoms with Gasteiger partial charge in [-0.1, -0.05) is 42.2 Å². The van der Waals surface area contributed by atoms with Gasteiger partial charge in [-0.25, -0.2) is 0 Å². The lowest BCUT2D eigenvalue weighted by molar-refractivity contribution is 0.151. The van der Waals surface area contributed by atoms with Gasteiger partial charge in [-0.15, -0.1) is 0 Å². The van der Waals surface area contributed by atoms with Crippen LogP contribution in [0.5, 0.6) is 5.75 Å². The monoisotopic (exact) mass is 346 g/mol. The standard InChI is InChI=1S/C18H19BrO2/c1-18(2,3)11-10-14(20)12-21-16-9-8-13-6-4-5-7-15(13)17(16)19/h4-9,14,20H,12H2,1-3H3. The van der Waals surface area contributed by atoms with Crippen molar-refractivity contribution < 1.29 is 9.84 Å². The Balaban J connectivity index is 2.10. The fourth-order valence-corrected chi connectivity index (χ4v) is 2.44. The molecule has 2 nitrogen and oxygen atoms in total. The predicted octanol–water partition coefficient (Wildman–Crippen LogP) is 4.39. The van der Waals surface area contributed by atoms with E-state index in [9.17, 15) is 5.11 Å². The summed E-state index contributed by atoms with van der Waals surface area (Å²) in [5.74, 6) is 6.54. The molecule has 0 saturated carbocycles. The van der Waals surface area contributed by atoms with Gasteiger partial charge in [-0.2, -0.15) is 0 Å². The van der Waals surface area contributed by atoms with Crippen LogP contribution in [0.4, 0.5) is 0 Å². The predicted molar refractivity (Wildman–Crippen MR) is 90.4 cm³/mol. The van der Waals surface area contributed by atoms with Crippen molar-refractivity contribution >= 4 is 26.7 Å². The largest absolute Gasteiger partial charge is 0.489 e. The van der Waals surface area contributed by atoms with Gasteiger partial charge in [0.25, 0.3) is 0 Å². The second kappa shape index (κ2) is 6.51. The Kier molecular flexibility index (Phi) is 4.92. The Morgan fingerprint density at radius 3 is 2.62 bits per heavy atom. The van der Waals surface area contributed by atoms with E-state index >= 15 is 0 Å². The Bertz CT molecular complexity index is 690. The first-order valence-corrected chi connectivity index (χ1v) is 7.67. The molecule has 2 rings (SSSR count). The van der Waals surface area contributed by atoms with Crippen LogP contribution >= 0.6 is 15.9 Å². The average molecular weight is 347 g/mol. The molecule has 3 heteroatoms. The fourth-order valence-electron chi connectivity index (χ4n) is 1.84. The molecule has 1 unspecified atom stereocenters. The number of rotatable bonds is 3. The minimum atomic E-state index is -0.789. The van der Waals surface area contributed by atoms with Gasteiger partial charge in [0, 0.05) is 5.41 Å². The third kappa shape index (κ3) is 4.49. The van der Waals surface area contributed by atoms with Gasteiger partial charge in [0.05, 0.1) is 4.47 Å². The van der Waals surface area contributed by atoms with Crippen LogP contribution in [-0.2, 0) is 0 Å².